The van der Waals surface area contributed by atoms with Gasteiger partial charge in [0.25, 0.3) is 10.0 Å². The molecule has 2 aromatic carbocycles. The smallest absolute Gasteiger partial charge is 0.264 e. The predicted molar refractivity (Wildman–Crippen MR) is 107 cm³/mol. The number of hydrogen-bond donors (Lipinski definition) is 1. The van der Waals surface area contributed by atoms with Crippen molar-refractivity contribution in [3.8, 4) is 0 Å². The molecule has 0 unspecified atom stereocenters. The lowest BCUT2D eigenvalue weighted by molar-refractivity contribution is -0.119. The zero-order chi connectivity index (χ0) is 20.0. The number of amides is 1. The molecule has 1 N–H and O–H groups in total. The average molecular weight is 405 g/mol. The molecule has 0 aliphatic heterocycles. The summed E-state index contributed by atoms with van der Waals surface area (Å²) in [4.78, 5) is 12.6. The van der Waals surface area contributed by atoms with Gasteiger partial charge in [0.2, 0.25) is 5.91 Å². The van der Waals surface area contributed by atoms with E-state index in [1.807, 2.05) is 0 Å². The molecule has 0 saturated heterocycles. The predicted octanol–water partition coefficient (Wildman–Crippen LogP) is 3.72. The summed E-state index contributed by atoms with van der Waals surface area (Å²) in [5.74, 6) is -0.389. The summed E-state index contributed by atoms with van der Waals surface area (Å²) in [5, 5.41) is 2.87. The molecule has 150 valence electrons. The van der Waals surface area contributed by atoms with Crippen molar-refractivity contribution in [3.63, 3.8) is 0 Å². The molecule has 0 aromatic heterocycles. The first-order valence-corrected chi connectivity index (χ1v) is 11.0. The first-order chi connectivity index (χ1) is 13.5. The van der Waals surface area contributed by atoms with Crippen LogP contribution in [0.2, 0.25) is 0 Å². The van der Waals surface area contributed by atoms with Crippen LogP contribution in [0.1, 0.15) is 32.1 Å². The highest BCUT2D eigenvalue weighted by Gasteiger charge is 2.27. The Kier molecular flexibility index (Phi) is 6.67. The minimum atomic E-state index is -3.96. The van der Waals surface area contributed by atoms with Crippen LogP contribution in [0.25, 0.3) is 0 Å². The number of rotatable bonds is 7. The molecule has 1 aliphatic carbocycles. The van der Waals surface area contributed by atoms with E-state index < -0.39 is 15.8 Å². The third-order valence-electron chi connectivity index (χ3n) is 5.05. The van der Waals surface area contributed by atoms with Crippen molar-refractivity contribution in [2.75, 3.05) is 17.4 Å². The number of carbonyl (C=O) groups excluding carboxylic acids is 1. The van der Waals surface area contributed by atoms with Gasteiger partial charge in [0, 0.05) is 6.54 Å². The van der Waals surface area contributed by atoms with Crippen molar-refractivity contribution < 1.29 is 17.6 Å². The van der Waals surface area contributed by atoms with Crippen LogP contribution in [-0.2, 0) is 14.8 Å². The molecular weight excluding hydrogens is 379 g/mol. The maximum atomic E-state index is 13.3. The second kappa shape index (κ2) is 9.19. The molecule has 0 heterocycles. The van der Waals surface area contributed by atoms with Crippen LogP contribution in [0.3, 0.4) is 0 Å². The van der Waals surface area contributed by atoms with Crippen molar-refractivity contribution in [1.82, 2.24) is 5.32 Å². The number of sulfonamides is 1. The molecule has 0 spiro atoms. The van der Waals surface area contributed by atoms with Gasteiger partial charge in [-0.1, -0.05) is 37.5 Å². The highest BCUT2D eigenvalue weighted by atomic mass is 32.2. The van der Waals surface area contributed by atoms with Gasteiger partial charge in [-0.05, 0) is 55.2 Å². The normalized spacial score (nSPS) is 15.2. The van der Waals surface area contributed by atoms with Crippen LogP contribution in [0.15, 0.2) is 59.5 Å². The van der Waals surface area contributed by atoms with E-state index in [0.29, 0.717) is 12.5 Å². The Morgan fingerprint density at radius 2 is 1.64 bits per heavy atom. The minimum Gasteiger partial charge on any atom is -0.354 e. The van der Waals surface area contributed by atoms with Crippen LogP contribution in [0.5, 0.6) is 0 Å². The Labute approximate surface area is 165 Å². The van der Waals surface area contributed by atoms with E-state index in [9.17, 15) is 17.6 Å². The molecule has 1 aliphatic rings. The molecule has 2 aromatic rings. The monoisotopic (exact) mass is 404 g/mol. The maximum absolute atomic E-state index is 13.3. The number of anilines is 1. The minimum absolute atomic E-state index is 0.0828. The van der Waals surface area contributed by atoms with Crippen LogP contribution in [0.4, 0.5) is 10.1 Å². The lowest BCUT2D eigenvalue weighted by Crippen LogP contribution is -2.42. The second-order valence-electron chi connectivity index (χ2n) is 7.11. The summed E-state index contributed by atoms with van der Waals surface area (Å²) in [6.07, 6.45) is 5.75. The third kappa shape index (κ3) is 5.10. The maximum Gasteiger partial charge on any atom is 0.264 e. The Bertz CT molecular complexity index is 880. The van der Waals surface area contributed by atoms with Crippen molar-refractivity contribution >= 4 is 21.6 Å². The molecular formula is C21H25FN2O3S. The van der Waals surface area contributed by atoms with Crippen molar-refractivity contribution in [2.45, 2.75) is 37.0 Å². The highest BCUT2D eigenvalue weighted by Crippen LogP contribution is 2.25. The average Bonchev–Trinajstić information content (AvgIpc) is 2.72. The summed E-state index contributed by atoms with van der Waals surface area (Å²) >= 11 is 0. The molecule has 1 amide bonds. The molecule has 1 fully saturated rings. The summed E-state index contributed by atoms with van der Waals surface area (Å²) in [5.41, 5.74) is 0.248. The van der Waals surface area contributed by atoms with Gasteiger partial charge in [0.1, 0.15) is 12.4 Å². The van der Waals surface area contributed by atoms with Crippen LogP contribution >= 0.6 is 0 Å². The SMILES string of the molecule is O=C(CN(c1ccc(F)cc1)S(=O)(=O)c1ccccc1)NCC1CCCCC1. The van der Waals surface area contributed by atoms with Crippen LogP contribution in [-0.4, -0.2) is 27.4 Å². The fourth-order valence-electron chi connectivity index (χ4n) is 3.48. The van der Waals surface area contributed by atoms with Crippen LogP contribution < -0.4 is 9.62 Å². The van der Waals surface area contributed by atoms with Crippen molar-refractivity contribution in [2.24, 2.45) is 5.92 Å². The van der Waals surface area contributed by atoms with E-state index in [2.05, 4.69) is 5.32 Å². The summed E-state index contributed by atoms with van der Waals surface area (Å²) < 4.78 is 40.6. The van der Waals surface area contributed by atoms with Gasteiger partial charge in [-0.2, -0.15) is 0 Å². The van der Waals surface area contributed by atoms with Gasteiger partial charge in [0.05, 0.1) is 10.6 Å². The molecule has 3 rings (SSSR count). The molecule has 0 radical (unpaired) electrons. The standard InChI is InChI=1S/C21H25FN2O3S/c22-18-11-13-19(14-12-18)24(28(26,27)20-9-5-2-6-10-20)16-21(25)23-15-17-7-3-1-4-8-17/h2,5-6,9-14,17H,1,3-4,7-8,15-16H2,(H,23,25). The van der Waals surface area contributed by atoms with E-state index in [0.717, 1.165) is 17.1 Å². The summed E-state index contributed by atoms with van der Waals surface area (Å²) in [6.45, 7) is 0.205. The Hall–Kier alpha value is -2.41. The number of benzene rings is 2. The van der Waals surface area contributed by atoms with Gasteiger partial charge >= 0.3 is 0 Å². The second-order valence-corrected chi connectivity index (χ2v) is 8.97. The Morgan fingerprint density at radius 1 is 1.00 bits per heavy atom. The molecule has 28 heavy (non-hydrogen) atoms. The van der Waals surface area contributed by atoms with E-state index in [1.54, 1.807) is 18.2 Å². The molecule has 5 nitrogen and oxygen atoms in total. The summed E-state index contributed by atoms with van der Waals surface area (Å²) in [6, 6.07) is 13.0. The largest absolute Gasteiger partial charge is 0.354 e. The topological polar surface area (TPSA) is 66.5 Å². The molecule has 1 saturated carbocycles. The Morgan fingerprint density at radius 3 is 2.29 bits per heavy atom. The van der Waals surface area contributed by atoms with Gasteiger partial charge in [0.15, 0.2) is 0 Å². The summed E-state index contributed by atoms with van der Waals surface area (Å²) in [7, 11) is -3.96. The number of nitrogens with zero attached hydrogens (tertiary/aromatic N) is 1. The van der Waals surface area contributed by atoms with Gasteiger partial charge in [-0.25, -0.2) is 12.8 Å². The van der Waals surface area contributed by atoms with Crippen molar-refractivity contribution in [1.29, 1.82) is 0 Å². The zero-order valence-electron chi connectivity index (χ0n) is 15.7. The molecule has 7 heteroatoms. The van der Waals surface area contributed by atoms with Gasteiger partial charge in [-0.3, -0.25) is 9.10 Å². The highest BCUT2D eigenvalue weighted by molar-refractivity contribution is 7.92. The third-order valence-corrected chi connectivity index (χ3v) is 6.83. The lowest BCUT2D eigenvalue weighted by atomic mass is 9.89. The Balaban J connectivity index is 1.78. The fraction of sp³-hybridized carbons (Fsp3) is 0.381. The molecule has 0 bridgehead atoms. The van der Waals surface area contributed by atoms with E-state index in [1.165, 1.54) is 55.7 Å². The quantitative estimate of drug-likeness (QED) is 0.765. The van der Waals surface area contributed by atoms with Crippen LogP contribution in [0, 0.1) is 11.7 Å². The first kappa shape index (κ1) is 20.3. The number of halogens is 1. The van der Waals surface area contributed by atoms with Crippen molar-refractivity contribution in [3.05, 3.63) is 60.4 Å². The fourth-order valence-corrected chi connectivity index (χ4v) is 4.92. The number of hydrogen-bond acceptors (Lipinski definition) is 3. The van der Waals surface area contributed by atoms with Gasteiger partial charge in [-0.15, -0.1) is 0 Å². The number of carbonyl (C=O) groups is 1. The first-order valence-electron chi connectivity index (χ1n) is 9.57. The lowest BCUT2D eigenvalue weighted by Gasteiger charge is -2.25. The van der Waals surface area contributed by atoms with Gasteiger partial charge < -0.3 is 5.32 Å². The van der Waals surface area contributed by atoms with E-state index >= 15 is 0 Å². The zero-order valence-corrected chi connectivity index (χ0v) is 16.5. The molecule has 0 atom stereocenters. The van der Waals surface area contributed by atoms with E-state index in [4.69, 9.17) is 0 Å². The van der Waals surface area contributed by atoms with E-state index in [-0.39, 0.29) is 23.0 Å². The number of nitrogens with one attached hydrogen (secondary N) is 1.